The van der Waals surface area contributed by atoms with Crippen LogP contribution in [-0.2, 0) is 4.74 Å². The summed E-state index contributed by atoms with van der Waals surface area (Å²) in [5, 5.41) is 1.10. The van der Waals surface area contributed by atoms with Gasteiger partial charge in [-0.2, -0.15) is 0 Å². The summed E-state index contributed by atoms with van der Waals surface area (Å²) in [6.45, 7) is 0.787. The highest BCUT2D eigenvalue weighted by Gasteiger charge is 2.20. The lowest BCUT2D eigenvalue weighted by molar-refractivity contribution is -0.0299. The minimum atomic E-state index is 0.0175. The van der Waals surface area contributed by atoms with E-state index in [9.17, 15) is 4.79 Å². The Morgan fingerprint density at radius 3 is 2.94 bits per heavy atom. The van der Waals surface area contributed by atoms with Crippen LogP contribution in [0.4, 0.5) is 0 Å². The van der Waals surface area contributed by atoms with Gasteiger partial charge in [-0.3, -0.25) is 4.79 Å². The Balaban J connectivity index is 2.14. The van der Waals surface area contributed by atoms with Crippen LogP contribution in [0.2, 0.25) is 0 Å². The summed E-state index contributed by atoms with van der Waals surface area (Å²) in [6, 6.07) is 9.99. The molecule has 0 aliphatic carbocycles. The summed E-state index contributed by atoms with van der Waals surface area (Å²) >= 11 is 0. The monoisotopic (exact) mass is 229 g/mol. The van der Waals surface area contributed by atoms with Crippen LogP contribution in [0, 0.1) is 0 Å². The smallest absolute Gasteiger partial charge is 0.166 e. The highest BCUT2D eigenvalue weighted by molar-refractivity contribution is 5.89. The first-order valence-electron chi connectivity index (χ1n) is 6.07. The Labute approximate surface area is 100.0 Å². The predicted octanol–water partition coefficient (Wildman–Crippen LogP) is 3.15. The lowest BCUT2D eigenvalue weighted by Crippen LogP contribution is -2.19. The van der Waals surface area contributed by atoms with E-state index >= 15 is 0 Å². The molecule has 2 heterocycles. The Bertz CT molecular complexity index is 538. The topological polar surface area (TPSA) is 31.2 Å². The summed E-state index contributed by atoms with van der Waals surface area (Å²) < 4.78 is 7.81. The maximum atomic E-state index is 11.2. The van der Waals surface area contributed by atoms with Crippen LogP contribution in [0.3, 0.4) is 0 Å². The van der Waals surface area contributed by atoms with E-state index in [4.69, 9.17) is 4.74 Å². The Morgan fingerprint density at radius 1 is 1.29 bits per heavy atom. The molecular weight excluding hydrogens is 214 g/mol. The summed E-state index contributed by atoms with van der Waals surface area (Å²) in [5.74, 6) is 0. The highest BCUT2D eigenvalue weighted by Crippen LogP contribution is 2.29. The molecule has 3 rings (SSSR count). The molecule has 1 unspecified atom stereocenters. The van der Waals surface area contributed by atoms with Gasteiger partial charge in [0.2, 0.25) is 0 Å². The van der Waals surface area contributed by atoms with E-state index in [-0.39, 0.29) is 6.23 Å². The lowest BCUT2D eigenvalue weighted by atomic mass is 10.2. The molecule has 0 bridgehead atoms. The molecule has 0 radical (unpaired) electrons. The van der Waals surface area contributed by atoms with Crippen molar-refractivity contribution in [2.24, 2.45) is 0 Å². The van der Waals surface area contributed by atoms with Crippen LogP contribution in [0.5, 0.6) is 0 Å². The molecule has 17 heavy (non-hydrogen) atoms. The summed E-state index contributed by atoms with van der Waals surface area (Å²) in [7, 11) is 0. The lowest BCUT2D eigenvalue weighted by Gasteiger charge is -2.25. The van der Waals surface area contributed by atoms with E-state index in [2.05, 4.69) is 0 Å². The molecule has 88 valence electrons. The number of aldehydes is 1. The number of carbonyl (C=O) groups excluding carboxylic acids is 1. The molecule has 3 heteroatoms. The van der Waals surface area contributed by atoms with Crippen LogP contribution in [0.25, 0.3) is 10.9 Å². The second-order valence-corrected chi connectivity index (χ2v) is 4.44. The van der Waals surface area contributed by atoms with Crippen molar-refractivity contribution in [3.8, 4) is 0 Å². The number of hydrogen-bond acceptors (Lipinski definition) is 2. The van der Waals surface area contributed by atoms with Gasteiger partial charge in [-0.25, -0.2) is 0 Å². The molecule has 1 aromatic carbocycles. The number of carbonyl (C=O) groups is 1. The van der Waals surface area contributed by atoms with Crippen molar-refractivity contribution in [2.45, 2.75) is 25.5 Å². The number of rotatable bonds is 2. The second kappa shape index (κ2) is 4.34. The molecule has 1 atom stereocenters. The SMILES string of the molecule is O=Cc1cc2ccccc2n1C1CCCCO1. The third-order valence-corrected chi connectivity index (χ3v) is 3.34. The molecule has 3 nitrogen and oxygen atoms in total. The van der Waals surface area contributed by atoms with Gasteiger partial charge in [-0.05, 0) is 31.4 Å². The zero-order chi connectivity index (χ0) is 11.7. The van der Waals surface area contributed by atoms with Gasteiger partial charge in [0, 0.05) is 12.0 Å². The van der Waals surface area contributed by atoms with Crippen molar-refractivity contribution in [3.63, 3.8) is 0 Å². The van der Waals surface area contributed by atoms with Crippen LogP contribution >= 0.6 is 0 Å². The fraction of sp³-hybridized carbons (Fsp3) is 0.357. The number of benzene rings is 1. The van der Waals surface area contributed by atoms with Gasteiger partial charge < -0.3 is 9.30 Å². The highest BCUT2D eigenvalue weighted by atomic mass is 16.5. The fourth-order valence-corrected chi connectivity index (χ4v) is 2.54. The van der Waals surface area contributed by atoms with Crippen LogP contribution < -0.4 is 0 Å². The number of fused-ring (bicyclic) bond motifs is 1. The first-order valence-corrected chi connectivity index (χ1v) is 6.07. The summed E-state index contributed by atoms with van der Waals surface area (Å²) in [6.07, 6.45) is 4.20. The molecule has 0 amide bonds. The third-order valence-electron chi connectivity index (χ3n) is 3.34. The maximum Gasteiger partial charge on any atom is 0.166 e. The fourth-order valence-electron chi connectivity index (χ4n) is 2.54. The van der Waals surface area contributed by atoms with Crippen molar-refractivity contribution in [1.82, 2.24) is 4.57 Å². The van der Waals surface area contributed by atoms with E-state index in [1.54, 1.807) is 0 Å². The minimum absolute atomic E-state index is 0.0175. The van der Waals surface area contributed by atoms with E-state index in [0.29, 0.717) is 5.69 Å². The van der Waals surface area contributed by atoms with Crippen LogP contribution in [0.15, 0.2) is 30.3 Å². The van der Waals surface area contributed by atoms with Gasteiger partial charge in [0.05, 0.1) is 11.2 Å². The third kappa shape index (κ3) is 1.76. The van der Waals surface area contributed by atoms with Gasteiger partial charge in [0.25, 0.3) is 0 Å². The van der Waals surface area contributed by atoms with Crippen molar-refractivity contribution < 1.29 is 9.53 Å². The molecule has 0 saturated carbocycles. The molecular formula is C14H15NO2. The van der Waals surface area contributed by atoms with E-state index in [1.165, 1.54) is 0 Å². The first kappa shape index (κ1) is 10.5. The van der Waals surface area contributed by atoms with Crippen molar-refractivity contribution in [2.75, 3.05) is 6.61 Å². The second-order valence-electron chi connectivity index (χ2n) is 4.44. The van der Waals surface area contributed by atoms with E-state index in [1.807, 2.05) is 34.9 Å². The van der Waals surface area contributed by atoms with E-state index < -0.39 is 0 Å². The maximum absolute atomic E-state index is 11.2. The predicted molar refractivity (Wildman–Crippen MR) is 66.2 cm³/mol. The molecule has 0 spiro atoms. The zero-order valence-electron chi connectivity index (χ0n) is 9.63. The van der Waals surface area contributed by atoms with Gasteiger partial charge >= 0.3 is 0 Å². The standard InChI is InChI=1S/C14H15NO2/c16-10-12-9-11-5-1-2-6-13(11)15(12)14-7-3-4-8-17-14/h1-2,5-6,9-10,14H,3-4,7-8H2. The summed E-state index contributed by atoms with van der Waals surface area (Å²) in [5.41, 5.74) is 1.79. The quantitative estimate of drug-likeness (QED) is 0.741. The Morgan fingerprint density at radius 2 is 2.18 bits per heavy atom. The normalized spacial score (nSPS) is 20.6. The van der Waals surface area contributed by atoms with Crippen molar-refractivity contribution in [3.05, 3.63) is 36.0 Å². The van der Waals surface area contributed by atoms with Crippen molar-refractivity contribution in [1.29, 1.82) is 0 Å². The molecule has 2 aromatic rings. The van der Waals surface area contributed by atoms with Crippen LogP contribution in [-0.4, -0.2) is 17.5 Å². The van der Waals surface area contributed by atoms with Crippen molar-refractivity contribution >= 4 is 17.2 Å². The van der Waals surface area contributed by atoms with E-state index in [0.717, 1.165) is 43.1 Å². The molecule has 1 fully saturated rings. The molecule has 1 saturated heterocycles. The Hall–Kier alpha value is -1.61. The number of aromatic nitrogens is 1. The molecule has 1 aliphatic rings. The average Bonchev–Trinajstić information content (AvgIpc) is 2.78. The average molecular weight is 229 g/mol. The van der Waals surface area contributed by atoms with Gasteiger partial charge in [-0.15, -0.1) is 0 Å². The largest absolute Gasteiger partial charge is 0.358 e. The van der Waals surface area contributed by atoms with Gasteiger partial charge in [-0.1, -0.05) is 18.2 Å². The first-order chi connectivity index (χ1) is 8.40. The number of hydrogen-bond donors (Lipinski definition) is 0. The number of para-hydroxylation sites is 1. The van der Waals surface area contributed by atoms with Crippen LogP contribution in [0.1, 0.15) is 36.0 Å². The summed E-state index contributed by atoms with van der Waals surface area (Å²) in [4.78, 5) is 11.2. The minimum Gasteiger partial charge on any atom is -0.358 e. The molecule has 1 aliphatic heterocycles. The molecule has 1 aromatic heterocycles. The van der Waals surface area contributed by atoms with Gasteiger partial charge in [0.1, 0.15) is 6.23 Å². The molecule has 0 N–H and O–H groups in total. The Kier molecular flexibility index (Phi) is 2.69. The van der Waals surface area contributed by atoms with Gasteiger partial charge in [0.15, 0.2) is 6.29 Å². The number of nitrogens with zero attached hydrogens (tertiary/aromatic N) is 1. The zero-order valence-corrected chi connectivity index (χ0v) is 9.63. The number of ether oxygens (including phenoxy) is 1.